The SMILES string of the molecule is O=c1c2cc3c(cc2nc(SCc2nc(-c4ccc5c(c4)OCO5)no2)n1C1CC1)OCO3. The van der Waals surface area contributed by atoms with E-state index >= 15 is 0 Å². The van der Waals surface area contributed by atoms with E-state index in [9.17, 15) is 4.79 Å². The molecular formula is C22H16N4O6S. The van der Waals surface area contributed by atoms with E-state index in [0.717, 1.165) is 18.4 Å². The molecule has 11 heteroatoms. The molecule has 0 bridgehead atoms. The van der Waals surface area contributed by atoms with E-state index in [0.29, 0.717) is 56.5 Å². The molecule has 1 fully saturated rings. The molecule has 3 aliphatic rings. The highest BCUT2D eigenvalue weighted by Crippen LogP contribution is 2.40. The predicted octanol–water partition coefficient (Wildman–Crippen LogP) is 3.53. The third-order valence-electron chi connectivity index (χ3n) is 5.70. The van der Waals surface area contributed by atoms with Crippen molar-refractivity contribution in [3.8, 4) is 34.4 Å². The molecule has 2 aromatic carbocycles. The zero-order valence-electron chi connectivity index (χ0n) is 17.1. The second-order valence-electron chi connectivity index (χ2n) is 7.89. The minimum Gasteiger partial charge on any atom is -0.454 e. The molecule has 0 saturated heterocycles. The first-order valence-electron chi connectivity index (χ1n) is 10.4. The van der Waals surface area contributed by atoms with E-state index in [1.165, 1.54) is 11.8 Å². The van der Waals surface area contributed by atoms with Gasteiger partial charge in [0.15, 0.2) is 28.2 Å². The Bertz CT molecular complexity index is 1480. The predicted molar refractivity (Wildman–Crippen MR) is 116 cm³/mol. The quantitative estimate of drug-likeness (QED) is 0.321. The normalized spacial score (nSPS) is 16.0. The highest BCUT2D eigenvalue weighted by atomic mass is 32.2. The largest absolute Gasteiger partial charge is 0.454 e. The maximum atomic E-state index is 13.3. The number of nitrogens with zero attached hydrogens (tertiary/aromatic N) is 4. The smallest absolute Gasteiger partial charge is 0.262 e. The summed E-state index contributed by atoms with van der Waals surface area (Å²) in [4.78, 5) is 22.5. The summed E-state index contributed by atoms with van der Waals surface area (Å²) in [6.07, 6.45) is 1.92. The van der Waals surface area contributed by atoms with Gasteiger partial charge in [-0.3, -0.25) is 9.36 Å². The van der Waals surface area contributed by atoms with E-state index in [1.54, 1.807) is 16.7 Å². The minimum absolute atomic E-state index is 0.0742. The number of fused-ring (bicyclic) bond motifs is 3. The summed E-state index contributed by atoms with van der Waals surface area (Å²) < 4.78 is 28.9. The van der Waals surface area contributed by atoms with Gasteiger partial charge < -0.3 is 23.5 Å². The van der Waals surface area contributed by atoms with Gasteiger partial charge in [0, 0.05) is 17.7 Å². The number of ether oxygens (including phenoxy) is 4. The Morgan fingerprint density at radius 2 is 1.70 bits per heavy atom. The van der Waals surface area contributed by atoms with E-state index in [-0.39, 0.29) is 25.2 Å². The number of hydrogen-bond acceptors (Lipinski definition) is 10. The molecule has 7 rings (SSSR count). The summed E-state index contributed by atoms with van der Waals surface area (Å²) in [6.45, 7) is 0.350. The van der Waals surface area contributed by atoms with Gasteiger partial charge in [-0.2, -0.15) is 4.98 Å². The average molecular weight is 464 g/mol. The molecule has 33 heavy (non-hydrogen) atoms. The summed E-state index contributed by atoms with van der Waals surface area (Å²) in [7, 11) is 0. The second-order valence-corrected chi connectivity index (χ2v) is 8.83. The number of benzene rings is 2. The maximum absolute atomic E-state index is 13.3. The maximum Gasteiger partial charge on any atom is 0.262 e. The Hall–Kier alpha value is -3.73. The molecule has 0 unspecified atom stereocenters. The van der Waals surface area contributed by atoms with E-state index < -0.39 is 0 Å². The van der Waals surface area contributed by atoms with Crippen molar-refractivity contribution in [2.24, 2.45) is 0 Å². The molecule has 0 radical (unpaired) electrons. The van der Waals surface area contributed by atoms with Crippen LogP contribution in [0.3, 0.4) is 0 Å². The molecule has 4 heterocycles. The number of rotatable bonds is 5. The molecule has 1 saturated carbocycles. The summed E-state index contributed by atoms with van der Waals surface area (Å²) in [5, 5.41) is 5.23. The van der Waals surface area contributed by atoms with Gasteiger partial charge in [-0.1, -0.05) is 16.9 Å². The van der Waals surface area contributed by atoms with Crippen molar-refractivity contribution in [1.82, 2.24) is 19.7 Å². The zero-order valence-corrected chi connectivity index (χ0v) is 18.0. The molecule has 0 N–H and O–H groups in total. The molecule has 1 aliphatic carbocycles. The standard InChI is InChI=1S/C22H16N4O6S/c27-21-13-6-17-18(31-10-30-17)7-14(13)23-22(26(21)12-2-3-12)33-8-19-24-20(25-32-19)11-1-4-15-16(5-11)29-9-28-15/h1,4-7,12H,2-3,8-10H2. The lowest BCUT2D eigenvalue weighted by Gasteiger charge is -2.12. The van der Waals surface area contributed by atoms with Gasteiger partial charge in [0.1, 0.15) is 0 Å². The van der Waals surface area contributed by atoms with Gasteiger partial charge in [0.05, 0.1) is 16.7 Å². The van der Waals surface area contributed by atoms with Crippen LogP contribution in [0.25, 0.3) is 22.3 Å². The van der Waals surface area contributed by atoms with Crippen LogP contribution in [0.4, 0.5) is 0 Å². The second kappa shape index (κ2) is 7.14. The summed E-state index contributed by atoms with van der Waals surface area (Å²) in [6, 6.07) is 9.13. The number of aromatic nitrogens is 4. The Kier molecular flexibility index (Phi) is 4.07. The van der Waals surface area contributed by atoms with Crippen molar-refractivity contribution in [3.05, 3.63) is 46.6 Å². The van der Waals surface area contributed by atoms with Crippen molar-refractivity contribution in [3.63, 3.8) is 0 Å². The fraction of sp³-hybridized carbons (Fsp3) is 0.273. The van der Waals surface area contributed by atoms with Crippen LogP contribution >= 0.6 is 11.8 Å². The van der Waals surface area contributed by atoms with Gasteiger partial charge in [0.25, 0.3) is 5.56 Å². The minimum atomic E-state index is -0.0742. The molecular weight excluding hydrogens is 448 g/mol. The highest BCUT2D eigenvalue weighted by Gasteiger charge is 2.30. The first kappa shape index (κ1) is 18.8. The van der Waals surface area contributed by atoms with Crippen molar-refractivity contribution in [2.75, 3.05) is 13.6 Å². The lowest BCUT2D eigenvalue weighted by atomic mass is 10.2. The van der Waals surface area contributed by atoms with Gasteiger partial charge in [-0.25, -0.2) is 4.98 Å². The fourth-order valence-electron chi connectivity index (χ4n) is 3.92. The van der Waals surface area contributed by atoms with Crippen LogP contribution in [0.15, 0.2) is 44.8 Å². The van der Waals surface area contributed by atoms with Crippen molar-refractivity contribution >= 4 is 22.7 Å². The Labute approximate surface area is 190 Å². The molecule has 2 aliphatic heterocycles. The van der Waals surface area contributed by atoms with Crippen molar-refractivity contribution in [2.45, 2.75) is 29.8 Å². The van der Waals surface area contributed by atoms with Crippen molar-refractivity contribution < 1.29 is 23.5 Å². The number of thioether (sulfide) groups is 1. The van der Waals surface area contributed by atoms with Crippen LogP contribution < -0.4 is 24.5 Å². The Morgan fingerprint density at radius 3 is 2.52 bits per heavy atom. The lowest BCUT2D eigenvalue weighted by Crippen LogP contribution is -2.22. The third kappa shape index (κ3) is 3.18. The summed E-state index contributed by atoms with van der Waals surface area (Å²) in [5.41, 5.74) is 1.28. The zero-order chi connectivity index (χ0) is 21.9. The van der Waals surface area contributed by atoms with Crippen LogP contribution in [0.1, 0.15) is 24.8 Å². The van der Waals surface area contributed by atoms with Crippen LogP contribution in [0.5, 0.6) is 23.0 Å². The van der Waals surface area contributed by atoms with Gasteiger partial charge in [-0.15, -0.1) is 0 Å². The van der Waals surface area contributed by atoms with E-state index in [1.807, 2.05) is 18.2 Å². The molecule has 4 aromatic rings. The van der Waals surface area contributed by atoms with Crippen LogP contribution in [-0.2, 0) is 5.75 Å². The number of hydrogen-bond donors (Lipinski definition) is 0. The van der Waals surface area contributed by atoms with Crippen LogP contribution in [0, 0.1) is 0 Å². The monoisotopic (exact) mass is 464 g/mol. The van der Waals surface area contributed by atoms with Gasteiger partial charge in [0.2, 0.25) is 25.3 Å². The molecule has 2 aromatic heterocycles. The van der Waals surface area contributed by atoms with Gasteiger partial charge >= 0.3 is 0 Å². The molecule has 166 valence electrons. The highest BCUT2D eigenvalue weighted by molar-refractivity contribution is 7.98. The molecule has 0 atom stereocenters. The van der Waals surface area contributed by atoms with Gasteiger partial charge in [-0.05, 0) is 37.1 Å². The van der Waals surface area contributed by atoms with E-state index in [2.05, 4.69) is 10.1 Å². The lowest BCUT2D eigenvalue weighted by molar-refractivity contribution is 0.173. The van der Waals surface area contributed by atoms with Crippen molar-refractivity contribution in [1.29, 1.82) is 0 Å². The first-order valence-corrected chi connectivity index (χ1v) is 11.4. The Balaban J connectivity index is 1.19. The first-order chi connectivity index (χ1) is 16.2. The summed E-state index contributed by atoms with van der Waals surface area (Å²) >= 11 is 1.40. The molecule has 0 spiro atoms. The van der Waals surface area contributed by atoms with Crippen LogP contribution in [0.2, 0.25) is 0 Å². The Morgan fingerprint density at radius 1 is 0.939 bits per heavy atom. The van der Waals surface area contributed by atoms with E-state index in [4.69, 9.17) is 28.5 Å². The summed E-state index contributed by atoms with van der Waals surface area (Å²) in [5.74, 6) is 3.81. The average Bonchev–Trinajstić information content (AvgIpc) is 3.21. The topological polar surface area (TPSA) is 111 Å². The third-order valence-corrected chi connectivity index (χ3v) is 6.64. The fourth-order valence-corrected chi connectivity index (χ4v) is 4.82. The van der Waals surface area contributed by atoms with Crippen LogP contribution in [-0.4, -0.2) is 33.3 Å². The molecule has 10 nitrogen and oxygen atoms in total. The molecule has 0 amide bonds.